The number of carbonyl (C=O) groups is 3. The van der Waals surface area contributed by atoms with Crippen LogP contribution in [0.4, 0.5) is 4.39 Å². The molecule has 2 heterocycles. The van der Waals surface area contributed by atoms with Gasteiger partial charge in [-0.1, -0.05) is 12.1 Å². The number of piperazine rings is 1. The van der Waals surface area contributed by atoms with Gasteiger partial charge in [-0.25, -0.2) is 4.39 Å². The van der Waals surface area contributed by atoms with E-state index in [1.807, 2.05) is 0 Å². The Balaban J connectivity index is 1.62. The van der Waals surface area contributed by atoms with E-state index in [9.17, 15) is 18.8 Å². The number of hydrogen-bond donors (Lipinski definition) is 1. The lowest BCUT2D eigenvalue weighted by molar-refractivity contribution is -0.119. The first-order valence-corrected chi connectivity index (χ1v) is 8.53. The highest BCUT2D eigenvalue weighted by Gasteiger charge is 2.22. The molecule has 2 aromatic rings. The molecule has 1 aliphatic heterocycles. The Morgan fingerprint density at radius 1 is 1.07 bits per heavy atom. The first-order chi connectivity index (χ1) is 13.1. The smallest absolute Gasteiger partial charge is 0.255 e. The van der Waals surface area contributed by atoms with Gasteiger partial charge in [0.2, 0.25) is 6.41 Å². The van der Waals surface area contributed by atoms with Crippen LogP contribution in [-0.4, -0.2) is 59.2 Å². The summed E-state index contributed by atoms with van der Waals surface area (Å²) in [6, 6.07) is 7.33. The molecular weight excluding hydrogens is 351 g/mol. The normalized spacial score (nSPS) is 14.0. The maximum absolute atomic E-state index is 12.9. The average molecular weight is 370 g/mol. The van der Waals surface area contributed by atoms with Crippen LogP contribution in [0.3, 0.4) is 0 Å². The van der Waals surface area contributed by atoms with Gasteiger partial charge < -0.3 is 15.1 Å². The molecule has 0 spiro atoms. The molecule has 0 aliphatic carbocycles. The summed E-state index contributed by atoms with van der Waals surface area (Å²) in [5, 5.41) is 2.72. The maximum Gasteiger partial charge on any atom is 0.255 e. The van der Waals surface area contributed by atoms with Gasteiger partial charge in [-0.3, -0.25) is 19.4 Å². The molecule has 0 atom stereocenters. The maximum atomic E-state index is 12.9. The summed E-state index contributed by atoms with van der Waals surface area (Å²) in [7, 11) is 0. The molecule has 1 aromatic carbocycles. The third-order valence-electron chi connectivity index (χ3n) is 4.36. The molecular formula is C19H19FN4O3. The van der Waals surface area contributed by atoms with Crippen molar-refractivity contribution in [3.05, 3.63) is 65.2 Å². The van der Waals surface area contributed by atoms with E-state index in [1.54, 1.807) is 21.9 Å². The van der Waals surface area contributed by atoms with Gasteiger partial charge in [0.05, 0.1) is 11.1 Å². The summed E-state index contributed by atoms with van der Waals surface area (Å²) < 4.78 is 12.9. The fourth-order valence-corrected chi connectivity index (χ4v) is 2.78. The number of hydrogen-bond acceptors (Lipinski definition) is 4. The second kappa shape index (κ2) is 8.39. The second-order valence-electron chi connectivity index (χ2n) is 6.21. The third-order valence-corrected chi connectivity index (χ3v) is 4.36. The van der Waals surface area contributed by atoms with E-state index < -0.39 is 0 Å². The van der Waals surface area contributed by atoms with Crippen LogP contribution in [-0.2, 0) is 11.3 Å². The highest BCUT2D eigenvalue weighted by molar-refractivity contribution is 5.99. The molecule has 27 heavy (non-hydrogen) atoms. The van der Waals surface area contributed by atoms with Crippen LogP contribution in [0.15, 0.2) is 42.7 Å². The highest BCUT2D eigenvalue weighted by Crippen LogP contribution is 2.10. The van der Waals surface area contributed by atoms with Crippen molar-refractivity contribution >= 4 is 18.2 Å². The van der Waals surface area contributed by atoms with Crippen molar-refractivity contribution in [2.75, 3.05) is 26.2 Å². The van der Waals surface area contributed by atoms with Crippen molar-refractivity contribution in [1.82, 2.24) is 20.1 Å². The first kappa shape index (κ1) is 18.5. The number of amides is 3. The van der Waals surface area contributed by atoms with Gasteiger partial charge in [0, 0.05) is 45.1 Å². The van der Waals surface area contributed by atoms with Gasteiger partial charge in [0.1, 0.15) is 5.82 Å². The van der Waals surface area contributed by atoms with Crippen molar-refractivity contribution in [3.63, 3.8) is 0 Å². The quantitative estimate of drug-likeness (QED) is 0.798. The SMILES string of the molecule is O=CN1CCN(C(=O)c2cncc(C(=O)NCc3ccc(F)cc3)c2)CC1. The predicted molar refractivity (Wildman–Crippen MR) is 95.3 cm³/mol. The van der Waals surface area contributed by atoms with E-state index in [4.69, 9.17) is 0 Å². The first-order valence-electron chi connectivity index (χ1n) is 8.53. The number of aromatic nitrogens is 1. The highest BCUT2D eigenvalue weighted by atomic mass is 19.1. The van der Waals surface area contributed by atoms with Crippen LogP contribution in [0.1, 0.15) is 26.3 Å². The van der Waals surface area contributed by atoms with Gasteiger partial charge in [0.25, 0.3) is 11.8 Å². The van der Waals surface area contributed by atoms with Gasteiger partial charge in [-0.05, 0) is 23.8 Å². The molecule has 1 N–H and O–H groups in total. The molecule has 7 nitrogen and oxygen atoms in total. The molecule has 1 aliphatic rings. The summed E-state index contributed by atoms with van der Waals surface area (Å²) in [4.78, 5) is 42.9. The van der Waals surface area contributed by atoms with E-state index in [0.29, 0.717) is 31.7 Å². The Hall–Kier alpha value is -3.29. The van der Waals surface area contributed by atoms with Crippen LogP contribution < -0.4 is 5.32 Å². The summed E-state index contributed by atoms with van der Waals surface area (Å²) in [5.74, 6) is -0.928. The van der Waals surface area contributed by atoms with E-state index in [-0.39, 0.29) is 29.7 Å². The van der Waals surface area contributed by atoms with Crippen molar-refractivity contribution in [2.45, 2.75) is 6.54 Å². The number of pyridine rings is 1. The zero-order valence-corrected chi connectivity index (χ0v) is 14.6. The summed E-state index contributed by atoms with van der Waals surface area (Å²) in [6.45, 7) is 2.10. The summed E-state index contributed by atoms with van der Waals surface area (Å²) >= 11 is 0. The number of benzene rings is 1. The van der Waals surface area contributed by atoms with Crippen molar-refractivity contribution < 1.29 is 18.8 Å². The molecule has 0 saturated carbocycles. The van der Waals surface area contributed by atoms with Crippen molar-refractivity contribution in [1.29, 1.82) is 0 Å². The lowest BCUT2D eigenvalue weighted by Crippen LogP contribution is -2.48. The minimum atomic E-state index is -0.368. The third kappa shape index (κ3) is 4.66. The van der Waals surface area contributed by atoms with Gasteiger partial charge in [0.15, 0.2) is 0 Å². The monoisotopic (exact) mass is 370 g/mol. The number of halogens is 1. The lowest BCUT2D eigenvalue weighted by atomic mass is 10.1. The number of nitrogens with zero attached hydrogens (tertiary/aromatic N) is 3. The number of carbonyl (C=O) groups excluding carboxylic acids is 3. The molecule has 0 bridgehead atoms. The van der Waals surface area contributed by atoms with Crippen LogP contribution in [0.2, 0.25) is 0 Å². The molecule has 1 aromatic heterocycles. The minimum Gasteiger partial charge on any atom is -0.348 e. The van der Waals surface area contributed by atoms with E-state index >= 15 is 0 Å². The standard InChI is InChI=1S/C19H19FN4O3/c20-17-3-1-14(2-4-17)10-22-18(26)15-9-16(12-21-11-15)19(27)24-7-5-23(13-25)6-8-24/h1-4,9,11-13H,5-8,10H2,(H,22,26). The van der Waals surface area contributed by atoms with E-state index in [2.05, 4.69) is 10.3 Å². The summed E-state index contributed by atoms with van der Waals surface area (Å²) in [6.07, 6.45) is 3.59. The fourth-order valence-electron chi connectivity index (χ4n) is 2.78. The van der Waals surface area contributed by atoms with E-state index in [1.165, 1.54) is 30.6 Å². The van der Waals surface area contributed by atoms with Crippen molar-refractivity contribution in [2.24, 2.45) is 0 Å². The molecule has 0 radical (unpaired) electrons. The zero-order chi connectivity index (χ0) is 19.2. The van der Waals surface area contributed by atoms with Gasteiger partial charge >= 0.3 is 0 Å². The minimum absolute atomic E-state index is 0.221. The molecule has 0 unspecified atom stereocenters. The molecule has 8 heteroatoms. The van der Waals surface area contributed by atoms with E-state index in [0.717, 1.165) is 12.0 Å². The zero-order valence-electron chi connectivity index (χ0n) is 14.6. The van der Waals surface area contributed by atoms with Crippen LogP contribution >= 0.6 is 0 Å². The molecule has 1 saturated heterocycles. The second-order valence-corrected chi connectivity index (χ2v) is 6.21. The Kier molecular flexibility index (Phi) is 5.75. The van der Waals surface area contributed by atoms with Gasteiger partial charge in [-0.2, -0.15) is 0 Å². The number of rotatable bonds is 5. The Morgan fingerprint density at radius 3 is 2.41 bits per heavy atom. The lowest BCUT2D eigenvalue weighted by Gasteiger charge is -2.32. The Morgan fingerprint density at radius 2 is 1.74 bits per heavy atom. The van der Waals surface area contributed by atoms with Crippen molar-refractivity contribution in [3.8, 4) is 0 Å². The molecule has 3 amide bonds. The van der Waals surface area contributed by atoms with Crippen LogP contribution in [0.5, 0.6) is 0 Å². The molecule has 140 valence electrons. The van der Waals surface area contributed by atoms with Crippen LogP contribution in [0.25, 0.3) is 0 Å². The molecule has 1 fully saturated rings. The Labute approximate surface area is 155 Å². The summed E-state index contributed by atoms with van der Waals surface area (Å²) in [5.41, 5.74) is 1.36. The average Bonchev–Trinajstić information content (AvgIpc) is 2.72. The fraction of sp³-hybridized carbons (Fsp3) is 0.263. The Bertz CT molecular complexity index is 833. The van der Waals surface area contributed by atoms with Gasteiger partial charge in [-0.15, -0.1) is 0 Å². The van der Waals surface area contributed by atoms with Crippen LogP contribution in [0, 0.1) is 5.82 Å². The predicted octanol–water partition coefficient (Wildman–Crippen LogP) is 1.06. The largest absolute Gasteiger partial charge is 0.348 e. The number of nitrogens with one attached hydrogen (secondary N) is 1. The topological polar surface area (TPSA) is 82.6 Å². The molecule has 3 rings (SSSR count).